The number of carbonyl (C=O) groups excluding carboxylic acids is 1. The van der Waals surface area contributed by atoms with Crippen LogP contribution in [0.2, 0.25) is 0 Å². The minimum atomic E-state index is -1.25. The number of aryl methyl sites for hydroxylation is 3. The Morgan fingerprint density at radius 3 is 2.56 bits per heavy atom. The van der Waals surface area contributed by atoms with Gasteiger partial charge < -0.3 is 10.0 Å². The summed E-state index contributed by atoms with van der Waals surface area (Å²) in [6.07, 6.45) is 11.9. The molecule has 1 N–H and O–H groups in total. The lowest BCUT2D eigenvalue weighted by Crippen LogP contribution is -2.37. The van der Waals surface area contributed by atoms with E-state index < -0.39 is 11.9 Å². The zero-order chi connectivity index (χ0) is 28.9. The molecule has 0 saturated heterocycles. The molecule has 41 heavy (non-hydrogen) atoms. The van der Waals surface area contributed by atoms with Crippen molar-refractivity contribution in [1.82, 2.24) is 9.78 Å². The SMILES string of the molecule is CCCCCCCCN1CCCc2cc(C=c3/c(=C4\C(=O)N(c5ccccc5)N=C4C(=O)O)c(C)nn3C)ccc21. The lowest BCUT2D eigenvalue weighted by atomic mass is 9.98. The molecule has 2 aliphatic rings. The molecule has 1 amide bonds. The highest BCUT2D eigenvalue weighted by Gasteiger charge is 2.36. The van der Waals surface area contributed by atoms with E-state index in [1.165, 1.54) is 49.8 Å². The Labute approximate surface area is 241 Å². The predicted octanol–water partition coefficient (Wildman–Crippen LogP) is 4.31. The number of hydrogen-bond acceptors (Lipinski definition) is 5. The van der Waals surface area contributed by atoms with Crippen LogP contribution in [-0.4, -0.2) is 45.6 Å². The number of aliphatic carboxylic acids is 1. The van der Waals surface area contributed by atoms with Crippen LogP contribution < -0.4 is 20.5 Å². The highest BCUT2D eigenvalue weighted by atomic mass is 16.4. The minimum absolute atomic E-state index is 0.0567. The topological polar surface area (TPSA) is 91.0 Å². The van der Waals surface area contributed by atoms with Gasteiger partial charge in [-0.15, -0.1) is 0 Å². The van der Waals surface area contributed by atoms with Crippen molar-refractivity contribution in [1.29, 1.82) is 0 Å². The Morgan fingerprint density at radius 2 is 1.80 bits per heavy atom. The Bertz CT molecular complexity index is 1590. The zero-order valence-corrected chi connectivity index (χ0v) is 24.3. The van der Waals surface area contributed by atoms with Crippen LogP contribution in [0.25, 0.3) is 11.6 Å². The van der Waals surface area contributed by atoms with Crippen molar-refractivity contribution in [3.8, 4) is 0 Å². The maximum atomic E-state index is 13.6. The number of carbonyl (C=O) groups is 2. The zero-order valence-electron chi connectivity index (χ0n) is 24.3. The van der Waals surface area contributed by atoms with Crippen LogP contribution >= 0.6 is 0 Å². The molecule has 8 nitrogen and oxygen atoms in total. The van der Waals surface area contributed by atoms with Crippen LogP contribution in [0.15, 0.2) is 53.6 Å². The van der Waals surface area contributed by atoms with E-state index in [0.29, 0.717) is 21.9 Å². The van der Waals surface area contributed by atoms with Crippen LogP contribution in [0.3, 0.4) is 0 Å². The Hall–Kier alpha value is -4.20. The first-order valence-corrected chi connectivity index (χ1v) is 14.7. The van der Waals surface area contributed by atoms with Gasteiger partial charge in [0.05, 0.1) is 22.3 Å². The molecule has 3 aromatic rings. The summed E-state index contributed by atoms with van der Waals surface area (Å²) in [5.41, 5.74) is 4.50. The summed E-state index contributed by atoms with van der Waals surface area (Å²) in [5, 5.41) is 21.1. The second kappa shape index (κ2) is 12.5. The van der Waals surface area contributed by atoms with Gasteiger partial charge in [0.25, 0.3) is 5.91 Å². The summed E-state index contributed by atoms with van der Waals surface area (Å²) in [5.74, 6) is -1.73. The van der Waals surface area contributed by atoms with E-state index in [1.54, 1.807) is 35.9 Å². The Morgan fingerprint density at radius 1 is 1.05 bits per heavy atom. The van der Waals surface area contributed by atoms with Gasteiger partial charge in [0.15, 0.2) is 5.71 Å². The smallest absolute Gasteiger partial charge is 0.357 e. The maximum absolute atomic E-state index is 13.6. The molecule has 0 fully saturated rings. The third kappa shape index (κ3) is 5.97. The van der Waals surface area contributed by atoms with E-state index in [4.69, 9.17) is 0 Å². The van der Waals surface area contributed by atoms with Gasteiger partial charge in [0.2, 0.25) is 0 Å². The normalized spacial score (nSPS) is 16.8. The van der Waals surface area contributed by atoms with Crippen molar-refractivity contribution >= 4 is 40.6 Å². The summed E-state index contributed by atoms with van der Waals surface area (Å²) >= 11 is 0. The number of rotatable bonds is 10. The van der Waals surface area contributed by atoms with Crippen LogP contribution in [0.4, 0.5) is 11.4 Å². The molecule has 1 aromatic heterocycles. The summed E-state index contributed by atoms with van der Waals surface area (Å²) in [7, 11) is 1.82. The summed E-state index contributed by atoms with van der Waals surface area (Å²) in [6, 6.07) is 15.4. The van der Waals surface area contributed by atoms with Gasteiger partial charge in [0.1, 0.15) is 0 Å². The van der Waals surface area contributed by atoms with Gasteiger partial charge in [-0.25, -0.2) is 4.79 Å². The first-order valence-electron chi connectivity index (χ1n) is 14.7. The lowest BCUT2D eigenvalue weighted by Gasteiger charge is -2.31. The van der Waals surface area contributed by atoms with Crippen LogP contribution in [0.1, 0.15) is 68.7 Å². The Kier molecular flexibility index (Phi) is 8.67. The molecule has 0 radical (unpaired) electrons. The number of aromatic nitrogens is 2. The third-order valence-corrected chi connectivity index (χ3v) is 7.97. The third-order valence-electron chi connectivity index (χ3n) is 7.97. The van der Waals surface area contributed by atoms with Gasteiger partial charge >= 0.3 is 5.97 Å². The van der Waals surface area contributed by atoms with Gasteiger partial charge in [-0.3, -0.25) is 9.48 Å². The molecule has 0 aliphatic carbocycles. The number of anilines is 2. The number of nitrogens with zero attached hydrogens (tertiary/aromatic N) is 5. The minimum Gasteiger partial charge on any atom is -0.476 e. The van der Waals surface area contributed by atoms with Crippen molar-refractivity contribution in [3.63, 3.8) is 0 Å². The van der Waals surface area contributed by atoms with Crippen molar-refractivity contribution in [2.45, 2.75) is 65.2 Å². The van der Waals surface area contributed by atoms with Crippen LogP contribution in [0, 0.1) is 6.92 Å². The number of amides is 1. The van der Waals surface area contributed by atoms with Gasteiger partial charge in [-0.2, -0.15) is 15.2 Å². The standard InChI is InChI=1S/C33H39N5O3/c1-4-5-6-7-8-12-19-37-20-13-14-25-21-24(17-18-27(25)37)22-28-29(23(2)34-36(28)3)30-31(33(40)41)35-38(32(30)39)26-15-10-9-11-16-26/h9-11,15-18,21-22H,4-8,12-14,19-20H2,1-3H3,(H,40,41)/b28-22?,30-29-. The number of hydrazone groups is 1. The van der Waals surface area contributed by atoms with Crippen LogP contribution in [0.5, 0.6) is 0 Å². The molecule has 0 unspecified atom stereocenters. The summed E-state index contributed by atoms with van der Waals surface area (Å²) < 4.78 is 1.71. The van der Waals surface area contributed by atoms with E-state index in [2.05, 4.69) is 40.2 Å². The van der Waals surface area contributed by atoms with Crippen molar-refractivity contribution in [3.05, 3.63) is 75.9 Å². The second-order valence-corrected chi connectivity index (χ2v) is 10.9. The molecular formula is C33H39N5O3. The fourth-order valence-electron chi connectivity index (χ4n) is 5.93. The molecule has 3 heterocycles. The van der Waals surface area contributed by atoms with E-state index in [0.717, 1.165) is 36.5 Å². The van der Waals surface area contributed by atoms with E-state index in [-0.39, 0.29) is 11.3 Å². The molecule has 2 aromatic carbocycles. The maximum Gasteiger partial charge on any atom is 0.357 e. The lowest BCUT2D eigenvalue weighted by molar-refractivity contribution is -0.129. The van der Waals surface area contributed by atoms with E-state index in [1.807, 2.05) is 19.2 Å². The number of carboxylic acids is 1. The quantitative estimate of drug-likeness (QED) is 0.378. The van der Waals surface area contributed by atoms with Crippen molar-refractivity contribution in [2.24, 2.45) is 12.1 Å². The van der Waals surface area contributed by atoms with E-state index >= 15 is 0 Å². The summed E-state index contributed by atoms with van der Waals surface area (Å²) in [4.78, 5) is 28.4. The number of carboxylic acid groups (broad SMARTS) is 1. The molecule has 8 heteroatoms. The number of hydrogen-bond donors (Lipinski definition) is 1. The highest BCUT2D eigenvalue weighted by molar-refractivity contribution is 6.65. The largest absolute Gasteiger partial charge is 0.476 e. The first kappa shape index (κ1) is 28.3. The van der Waals surface area contributed by atoms with E-state index in [9.17, 15) is 14.7 Å². The molecular weight excluding hydrogens is 514 g/mol. The fourth-order valence-corrected chi connectivity index (χ4v) is 5.93. The average molecular weight is 554 g/mol. The first-order chi connectivity index (χ1) is 19.9. The molecule has 0 spiro atoms. The molecule has 2 aliphatic heterocycles. The second-order valence-electron chi connectivity index (χ2n) is 10.9. The van der Waals surface area contributed by atoms with Gasteiger partial charge in [-0.1, -0.05) is 63.3 Å². The highest BCUT2D eigenvalue weighted by Crippen LogP contribution is 2.29. The summed E-state index contributed by atoms with van der Waals surface area (Å²) in [6.45, 7) is 6.22. The van der Waals surface area contributed by atoms with Gasteiger partial charge in [0, 0.05) is 31.0 Å². The molecule has 214 valence electrons. The number of para-hydroxylation sites is 1. The molecule has 0 bridgehead atoms. The average Bonchev–Trinajstić information content (AvgIpc) is 3.45. The van der Waals surface area contributed by atoms with Crippen molar-refractivity contribution < 1.29 is 14.7 Å². The monoisotopic (exact) mass is 553 g/mol. The Balaban J connectivity index is 1.50. The number of benzene rings is 2. The van der Waals surface area contributed by atoms with Crippen molar-refractivity contribution in [2.75, 3.05) is 23.0 Å². The number of fused-ring (bicyclic) bond motifs is 1. The number of unbranched alkanes of at least 4 members (excludes halogenated alkanes) is 5. The van der Waals surface area contributed by atoms with Crippen LogP contribution in [-0.2, 0) is 23.1 Å². The molecule has 5 rings (SSSR count). The molecule has 0 saturated carbocycles. The predicted molar refractivity (Wildman–Crippen MR) is 164 cm³/mol. The molecule has 0 atom stereocenters. The fraction of sp³-hybridized carbons (Fsp3) is 0.394. The van der Waals surface area contributed by atoms with Gasteiger partial charge in [-0.05, 0) is 67.7 Å².